The van der Waals surface area contributed by atoms with Gasteiger partial charge in [0.2, 0.25) is 5.95 Å². The number of aromatic nitrogens is 3. The van der Waals surface area contributed by atoms with E-state index in [0.29, 0.717) is 5.95 Å². The molecule has 0 aliphatic carbocycles. The molecule has 0 aromatic carbocycles. The van der Waals surface area contributed by atoms with Gasteiger partial charge < -0.3 is 10.3 Å². The van der Waals surface area contributed by atoms with E-state index >= 15 is 0 Å². The standard InChI is InChI=1S/C12H18N4S/c1-17-8-4-2-3-7-16-11-5-6-14-9-10(11)15-12(16)13/h5-6,9H,2-4,7-8H2,1H3,(H2,13,15). The molecule has 4 nitrogen and oxygen atoms in total. The van der Waals surface area contributed by atoms with Gasteiger partial charge in [0, 0.05) is 12.7 Å². The Morgan fingerprint density at radius 3 is 3.06 bits per heavy atom. The minimum absolute atomic E-state index is 0.595. The van der Waals surface area contributed by atoms with E-state index in [1.807, 2.05) is 17.8 Å². The van der Waals surface area contributed by atoms with Crippen LogP contribution in [0.5, 0.6) is 0 Å². The Balaban J connectivity index is 2.00. The lowest BCUT2D eigenvalue weighted by Gasteiger charge is -2.05. The van der Waals surface area contributed by atoms with Crippen LogP contribution in [0.1, 0.15) is 19.3 Å². The Morgan fingerprint density at radius 1 is 1.35 bits per heavy atom. The van der Waals surface area contributed by atoms with Crippen molar-refractivity contribution in [3.63, 3.8) is 0 Å². The number of nitrogens with zero attached hydrogens (tertiary/aromatic N) is 3. The molecular weight excluding hydrogens is 232 g/mol. The molecule has 2 aromatic heterocycles. The van der Waals surface area contributed by atoms with E-state index < -0.39 is 0 Å². The van der Waals surface area contributed by atoms with Gasteiger partial charge in [-0.2, -0.15) is 11.8 Å². The van der Waals surface area contributed by atoms with Crippen LogP contribution in [-0.2, 0) is 6.54 Å². The maximum absolute atomic E-state index is 5.91. The van der Waals surface area contributed by atoms with Gasteiger partial charge in [-0.3, -0.25) is 4.98 Å². The molecule has 0 radical (unpaired) electrons. The molecule has 92 valence electrons. The Kier molecular flexibility index (Phi) is 4.25. The Labute approximate surface area is 106 Å². The molecule has 5 heteroatoms. The molecule has 2 aromatic rings. The molecular formula is C12H18N4S. The molecule has 2 heterocycles. The minimum atomic E-state index is 0.595. The van der Waals surface area contributed by atoms with Gasteiger partial charge in [0.25, 0.3) is 0 Å². The number of hydrogen-bond donors (Lipinski definition) is 1. The first-order valence-corrected chi connectivity index (χ1v) is 7.27. The topological polar surface area (TPSA) is 56.7 Å². The molecule has 0 saturated carbocycles. The number of nitrogen functional groups attached to an aromatic ring is 1. The highest BCUT2D eigenvalue weighted by molar-refractivity contribution is 7.98. The van der Waals surface area contributed by atoms with Gasteiger partial charge in [0.1, 0.15) is 5.52 Å². The monoisotopic (exact) mass is 250 g/mol. The molecule has 0 aliphatic rings. The Morgan fingerprint density at radius 2 is 2.24 bits per heavy atom. The van der Waals surface area contributed by atoms with E-state index in [1.165, 1.54) is 18.6 Å². The third-order valence-corrected chi connectivity index (χ3v) is 3.51. The van der Waals surface area contributed by atoms with Crippen LogP contribution in [-0.4, -0.2) is 26.5 Å². The highest BCUT2D eigenvalue weighted by Crippen LogP contribution is 2.17. The highest BCUT2D eigenvalue weighted by atomic mass is 32.2. The number of anilines is 1. The fourth-order valence-electron chi connectivity index (χ4n) is 1.93. The summed E-state index contributed by atoms with van der Waals surface area (Å²) in [6.45, 7) is 0.945. The number of pyridine rings is 1. The zero-order valence-corrected chi connectivity index (χ0v) is 10.9. The molecule has 0 saturated heterocycles. The van der Waals surface area contributed by atoms with Crippen molar-refractivity contribution >= 4 is 28.7 Å². The third kappa shape index (κ3) is 2.91. The summed E-state index contributed by atoms with van der Waals surface area (Å²) in [5, 5.41) is 0. The normalized spacial score (nSPS) is 11.1. The number of imidazole rings is 1. The lowest BCUT2D eigenvalue weighted by atomic mass is 10.2. The summed E-state index contributed by atoms with van der Waals surface area (Å²) in [6, 6.07) is 1.97. The second-order valence-corrected chi connectivity index (χ2v) is 5.03. The average molecular weight is 250 g/mol. The van der Waals surface area contributed by atoms with E-state index in [2.05, 4.69) is 20.8 Å². The summed E-state index contributed by atoms with van der Waals surface area (Å²) >= 11 is 1.90. The van der Waals surface area contributed by atoms with Gasteiger partial charge in [-0.1, -0.05) is 6.42 Å². The summed E-state index contributed by atoms with van der Waals surface area (Å²) in [5.74, 6) is 1.84. The van der Waals surface area contributed by atoms with Crippen LogP contribution in [0, 0.1) is 0 Å². The summed E-state index contributed by atoms with van der Waals surface area (Å²) < 4.78 is 2.08. The van der Waals surface area contributed by atoms with Gasteiger partial charge in [-0.05, 0) is 30.9 Å². The maximum atomic E-state index is 5.91. The molecule has 0 atom stereocenters. The lowest BCUT2D eigenvalue weighted by molar-refractivity contribution is 0.621. The van der Waals surface area contributed by atoms with Crippen molar-refractivity contribution in [2.45, 2.75) is 25.8 Å². The molecule has 2 rings (SSSR count). The van der Waals surface area contributed by atoms with Gasteiger partial charge in [-0.15, -0.1) is 0 Å². The van der Waals surface area contributed by atoms with Crippen molar-refractivity contribution in [1.29, 1.82) is 0 Å². The largest absolute Gasteiger partial charge is 0.369 e. The molecule has 2 N–H and O–H groups in total. The second kappa shape index (κ2) is 5.91. The van der Waals surface area contributed by atoms with Crippen LogP contribution in [0.3, 0.4) is 0 Å². The average Bonchev–Trinajstić information content (AvgIpc) is 2.65. The molecule has 17 heavy (non-hydrogen) atoms. The van der Waals surface area contributed by atoms with Crippen LogP contribution in [0.25, 0.3) is 11.0 Å². The minimum Gasteiger partial charge on any atom is -0.369 e. The highest BCUT2D eigenvalue weighted by Gasteiger charge is 2.06. The zero-order chi connectivity index (χ0) is 12.1. The van der Waals surface area contributed by atoms with Crippen LogP contribution < -0.4 is 5.73 Å². The quantitative estimate of drug-likeness (QED) is 0.800. The van der Waals surface area contributed by atoms with E-state index in [1.54, 1.807) is 12.4 Å². The van der Waals surface area contributed by atoms with Gasteiger partial charge in [0.15, 0.2) is 0 Å². The lowest BCUT2D eigenvalue weighted by Crippen LogP contribution is -2.03. The van der Waals surface area contributed by atoms with Crippen molar-refractivity contribution in [3.05, 3.63) is 18.5 Å². The van der Waals surface area contributed by atoms with E-state index in [9.17, 15) is 0 Å². The Hall–Kier alpha value is -1.23. The predicted molar refractivity (Wildman–Crippen MR) is 74.2 cm³/mol. The second-order valence-electron chi connectivity index (χ2n) is 4.04. The van der Waals surface area contributed by atoms with Gasteiger partial charge in [-0.25, -0.2) is 4.98 Å². The molecule has 0 spiro atoms. The number of nitrogens with two attached hydrogens (primary N) is 1. The third-order valence-electron chi connectivity index (χ3n) is 2.81. The smallest absolute Gasteiger partial charge is 0.201 e. The number of hydrogen-bond acceptors (Lipinski definition) is 4. The summed E-state index contributed by atoms with van der Waals surface area (Å²) in [6.07, 6.45) is 9.36. The maximum Gasteiger partial charge on any atom is 0.201 e. The molecule has 0 bridgehead atoms. The van der Waals surface area contributed by atoms with Crippen LogP contribution in [0.2, 0.25) is 0 Å². The summed E-state index contributed by atoms with van der Waals surface area (Å²) in [5.41, 5.74) is 7.88. The van der Waals surface area contributed by atoms with E-state index in [-0.39, 0.29) is 0 Å². The predicted octanol–water partition coefficient (Wildman–Crippen LogP) is 2.55. The van der Waals surface area contributed by atoms with Gasteiger partial charge >= 0.3 is 0 Å². The van der Waals surface area contributed by atoms with Crippen molar-refractivity contribution in [2.75, 3.05) is 17.7 Å². The molecule has 0 aliphatic heterocycles. The fraction of sp³-hybridized carbons (Fsp3) is 0.500. The van der Waals surface area contributed by atoms with Crippen LogP contribution in [0.4, 0.5) is 5.95 Å². The van der Waals surface area contributed by atoms with Crippen molar-refractivity contribution in [1.82, 2.24) is 14.5 Å². The van der Waals surface area contributed by atoms with Crippen LogP contribution in [0.15, 0.2) is 18.5 Å². The zero-order valence-electron chi connectivity index (χ0n) is 10.1. The first kappa shape index (κ1) is 12.2. The SMILES string of the molecule is CSCCCCCn1c(N)nc2cnccc21. The van der Waals surface area contributed by atoms with E-state index in [4.69, 9.17) is 5.73 Å². The van der Waals surface area contributed by atoms with Crippen molar-refractivity contribution in [2.24, 2.45) is 0 Å². The summed E-state index contributed by atoms with van der Waals surface area (Å²) in [7, 11) is 0. The number of aryl methyl sites for hydroxylation is 1. The van der Waals surface area contributed by atoms with Crippen molar-refractivity contribution < 1.29 is 0 Å². The number of thioether (sulfide) groups is 1. The van der Waals surface area contributed by atoms with E-state index in [0.717, 1.165) is 24.0 Å². The first-order valence-electron chi connectivity index (χ1n) is 5.87. The number of rotatable bonds is 6. The van der Waals surface area contributed by atoms with Crippen molar-refractivity contribution in [3.8, 4) is 0 Å². The van der Waals surface area contributed by atoms with Crippen LogP contribution >= 0.6 is 11.8 Å². The number of fused-ring (bicyclic) bond motifs is 1. The fourth-order valence-corrected chi connectivity index (χ4v) is 2.42. The molecule has 0 unspecified atom stereocenters. The molecule has 0 fully saturated rings. The number of unbranched alkanes of at least 4 members (excludes halogenated alkanes) is 2. The Bertz CT molecular complexity index is 480. The summed E-state index contributed by atoms with van der Waals surface area (Å²) in [4.78, 5) is 8.36. The molecule has 0 amide bonds. The first-order chi connectivity index (χ1) is 8.33. The van der Waals surface area contributed by atoms with Gasteiger partial charge in [0.05, 0.1) is 11.7 Å².